The van der Waals surface area contributed by atoms with Crippen LogP contribution in [-0.4, -0.2) is 52.5 Å². The fourth-order valence-corrected chi connectivity index (χ4v) is 3.25. The lowest BCUT2D eigenvalue weighted by atomic mass is 10.1. The number of morpholine rings is 1. The molecule has 1 aliphatic heterocycles. The Morgan fingerprint density at radius 1 is 1.44 bits per heavy atom. The van der Waals surface area contributed by atoms with Crippen LogP contribution in [0, 0.1) is 6.92 Å². The van der Waals surface area contributed by atoms with Gasteiger partial charge < -0.3 is 24.7 Å². The first-order valence-electron chi connectivity index (χ1n) is 8.31. The highest BCUT2D eigenvalue weighted by Crippen LogP contribution is 2.27. The molecule has 130 valence electrons. The Bertz CT molecular complexity index is 962. The zero-order chi connectivity index (χ0) is 17.4. The lowest BCUT2D eigenvalue weighted by Gasteiger charge is -2.33. The van der Waals surface area contributed by atoms with Crippen molar-refractivity contribution in [3.63, 3.8) is 0 Å². The molecule has 7 heteroatoms. The number of anilines is 1. The van der Waals surface area contributed by atoms with E-state index in [0.29, 0.717) is 24.5 Å². The number of hydrogen-bond donors (Lipinski definition) is 3. The minimum absolute atomic E-state index is 0.0166. The number of benzene rings is 1. The summed E-state index contributed by atoms with van der Waals surface area (Å²) in [5.41, 5.74) is 4.19. The van der Waals surface area contributed by atoms with Gasteiger partial charge in [-0.1, -0.05) is 0 Å². The summed E-state index contributed by atoms with van der Waals surface area (Å²) in [5.74, 6) is 0.562. The molecule has 3 heterocycles. The summed E-state index contributed by atoms with van der Waals surface area (Å²) in [6, 6.07) is 7.66. The summed E-state index contributed by atoms with van der Waals surface area (Å²) in [6.45, 7) is 4.05. The third-order valence-electron chi connectivity index (χ3n) is 4.54. The van der Waals surface area contributed by atoms with Gasteiger partial charge in [0.15, 0.2) is 0 Å². The average molecular weight is 340 g/mol. The van der Waals surface area contributed by atoms with Crippen molar-refractivity contribution in [2.45, 2.75) is 13.0 Å². The number of aromatic nitrogens is 3. The highest BCUT2D eigenvalue weighted by atomic mass is 16.5. The van der Waals surface area contributed by atoms with E-state index in [4.69, 9.17) is 4.74 Å². The standard InChI is InChI=1S/C18H20N4O3/c1-11-7-12(22-5-6-25-13(9-22)10-23)8-15-16(11)21-17(20-15)14-3-2-4-19-18(14)24/h2-4,7-8,13,23H,5-6,9-10H2,1H3,(H,19,24)(H,20,21)/t13-/m1/s1. The topological polar surface area (TPSA) is 94.2 Å². The highest BCUT2D eigenvalue weighted by molar-refractivity contribution is 5.85. The van der Waals surface area contributed by atoms with Crippen LogP contribution in [0.4, 0.5) is 5.69 Å². The molecule has 1 aliphatic rings. The normalized spacial score (nSPS) is 18.0. The molecule has 0 aliphatic carbocycles. The van der Waals surface area contributed by atoms with Gasteiger partial charge in [0.2, 0.25) is 0 Å². The molecule has 1 atom stereocenters. The van der Waals surface area contributed by atoms with E-state index >= 15 is 0 Å². The maximum absolute atomic E-state index is 12.0. The first kappa shape index (κ1) is 15.9. The van der Waals surface area contributed by atoms with Crippen LogP contribution in [0.3, 0.4) is 0 Å². The molecule has 3 N–H and O–H groups in total. The molecule has 1 saturated heterocycles. The largest absolute Gasteiger partial charge is 0.394 e. The minimum Gasteiger partial charge on any atom is -0.394 e. The molecule has 0 unspecified atom stereocenters. The number of aromatic amines is 2. The first-order chi connectivity index (χ1) is 12.2. The van der Waals surface area contributed by atoms with Gasteiger partial charge >= 0.3 is 0 Å². The van der Waals surface area contributed by atoms with Crippen LogP contribution in [0.1, 0.15) is 5.56 Å². The van der Waals surface area contributed by atoms with Gasteiger partial charge in [-0.2, -0.15) is 0 Å². The van der Waals surface area contributed by atoms with Crippen LogP contribution < -0.4 is 10.5 Å². The van der Waals surface area contributed by atoms with E-state index in [1.54, 1.807) is 18.3 Å². The first-order valence-corrected chi connectivity index (χ1v) is 8.31. The average Bonchev–Trinajstić information content (AvgIpc) is 3.06. The van der Waals surface area contributed by atoms with Crippen molar-refractivity contribution in [2.75, 3.05) is 31.2 Å². The van der Waals surface area contributed by atoms with Crippen LogP contribution in [0.5, 0.6) is 0 Å². The zero-order valence-electron chi connectivity index (χ0n) is 14.0. The Hall–Kier alpha value is -2.64. The predicted molar refractivity (Wildman–Crippen MR) is 95.9 cm³/mol. The second kappa shape index (κ2) is 6.34. The Balaban J connectivity index is 1.75. The number of pyridine rings is 1. The van der Waals surface area contributed by atoms with Crippen LogP contribution in [0.25, 0.3) is 22.4 Å². The number of ether oxygens (including phenoxy) is 1. The lowest BCUT2D eigenvalue weighted by Crippen LogP contribution is -2.44. The second-order valence-electron chi connectivity index (χ2n) is 6.28. The molecule has 0 bridgehead atoms. The van der Waals surface area contributed by atoms with Gasteiger partial charge in [-0.15, -0.1) is 0 Å². The molecular formula is C18H20N4O3. The summed E-state index contributed by atoms with van der Waals surface area (Å²) in [4.78, 5) is 24.7. The smallest absolute Gasteiger partial charge is 0.258 e. The fourth-order valence-electron chi connectivity index (χ4n) is 3.25. The fraction of sp³-hybridized carbons (Fsp3) is 0.333. The number of imidazole rings is 1. The maximum atomic E-state index is 12.0. The van der Waals surface area contributed by atoms with Crippen molar-refractivity contribution in [1.29, 1.82) is 0 Å². The van der Waals surface area contributed by atoms with Gasteiger partial charge in [0.1, 0.15) is 5.82 Å². The molecule has 4 rings (SSSR count). The molecule has 1 fully saturated rings. The molecule has 2 aromatic heterocycles. The van der Waals surface area contributed by atoms with E-state index < -0.39 is 0 Å². The molecule has 1 aromatic carbocycles. The van der Waals surface area contributed by atoms with Gasteiger partial charge in [0.25, 0.3) is 5.56 Å². The van der Waals surface area contributed by atoms with E-state index in [0.717, 1.165) is 28.8 Å². The summed E-state index contributed by atoms with van der Waals surface area (Å²) < 4.78 is 5.52. The number of hydrogen-bond acceptors (Lipinski definition) is 5. The SMILES string of the molecule is Cc1cc(N2CCO[C@@H](CO)C2)cc2[nH]c(-c3ccc[nH]c3=O)nc12. The third-order valence-corrected chi connectivity index (χ3v) is 4.54. The Morgan fingerprint density at radius 2 is 2.32 bits per heavy atom. The maximum Gasteiger partial charge on any atom is 0.258 e. The molecule has 0 saturated carbocycles. The molecule has 0 amide bonds. The van der Waals surface area contributed by atoms with Crippen molar-refractivity contribution >= 4 is 16.7 Å². The second-order valence-corrected chi connectivity index (χ2v) is 6.28. The van der Waals surface area contributed by atoms with Gasteiger partial charge in [-0.3, -0.25) is 4.79 Å². The number of H-pyrrole nitrogens is 2. The van der Waals surface area contributed by atoms with Crippen molar-refractivity contribution in [2.24, 2.45) is 0 Å². The monoisotopic (exact) mass is 340 g/mol. The van der Waals surface area contributed by atoms with Crippen molar-refractivity contribution in [3.8, 4) is 11.4 Å². The van der Waals surface area contributed by atoms with Gasteiger partial charge in [0.05, 0.1) is 35.9 Å². The highest BCUT2D eigenvalue weighted by Gasteiger charge is 2.21. The quantitative estimate of drug-likeness (QED) is 0.670. The summed E-state index contributed by atoms with van der Waals surface area (Å²) in [7, 11) is 0. The minimum atomic E-state index is -0.168. The molecule has 7 nitrogen and oxygen atoms in total. The number of aliphatic hydroxyl groups excluding tert-OH is 1. The van der Waals surface area contributed by atoms with E-state index in [1.807, 2.05) is 13.0 Å². The van der Waals surface area contributed by atoms with Crippen molar-refractivity contribution in [3.05, 3.63) is 46.4 Å². The van der Waals surface area contributed by atoms with Crippen LogP contribution in [-0.2, 0) is 4.74 Å². The molecular weight excluding hydrogens is 320 g/mol. The van der Waals surface area contributed by atoms with Gasteiger partial charge in [0, 0.05) is 25.0 Å². The molecule has 0 radical (unpaired) electrons. The number of fused-ring (bicyclic) bond motifs is 1. The number of nitrogens with one attached hydrogen (secondary N) is 2. The molecule has 25 heavy (non-hydrogen) atoms. The van der Waals surface area contributed by atoms with Crippen molar-refractivity contribution in [1.82, 2.24) is 15.0 Å². The summed E-state index contributed by atoms with van der Waals surface area (Å²) >= 11 is 0. The Kier molecular flexibility index (Phi) is 4.03. The Morgan fingerprint density at radius 3 is 3.12 bits per heavy atom. The summed E-state index contributed by atoms with van der Waals surface area (Å²) in [6.07, 6.45) is 1.44. The van der Waals surface area contributed by atoms with E-state index in [9.17, 15) is 9.90 Å². The molecule has 3 aromatic rings. The third kappa shape index (κ3) is 2.92. The predicted octanol–water partition coefficient (Wildman–Crippen LogP) is 1.42. The Labute approximate surface area is 144 Å². The van der Waals surface area contributed by atoms with E-state index in [2.05, 4.69) is 25.9 Å². The number of rotatable bonds is 3. The van der Waals surface area contributed by atoms with Crippen molar-refractivity contribution < 1.29 is 9.84 Å². The van der Waals surface area contributed by atoms with E-state index in [-0.39, 0.29) is 18.3 Å². The van der Waals surface area contributed by atoms with Crippen LogP contribution >= 0.6 is 0 Å². The number of aryl methyl sites for hydroxylation is 1. The number of nitrogens with zero attached hydrogens (tertiary/aromatic N) is 2. The van der Waals surface area contributed by atoms with E-state index in [1.165, 1.54) is 0 Å². The molecule has 0 spiro atoms. The van der Waals surface area contributed by atoms with Crippen LogP contribution in [0.2, 0.25) is 0 Å². The number of aliphatic hydroxyl groups is 1. The van der Waals surface area contributed by atoms with Gasteiger partial charge in [-0.05, 0) is 36.8 Å². The van der Waals surface area contributed by atoms with Crippen LogP contribution in [0.15, 0.2) is 35.3 Å². The lowest BCUT2D eigenvalue weighted by molar-refractivity contribution is 0.00357. The zero-order valence-corrected chi connectivity index (χ0v) is 14.0. The summed E-state index contributed by atoms with van der Waals surface area (Å²) in [5, 5.41) is 9.34. The van der Waals surface area contributed by atoms with Gasteiger partial charge in [-0.25, -0.2) is 4.98 Å².